The molecule has 0 radical (unpaired) electrons. The Kier molecular flexibility index (Phi) is 9.86. The molecule has 0 amide bonds. The summed E-state index contributed by atoms with van der Waals surface area (Å²) in [6.07, 6.45) is 3.03. The second-order valence-corrected chi connectivity index (χ2v) is 7.94. The molecule has 2 aromatic rings. The third-order valence-electron chi connectivity index (χ3n) is 4.64. The van der Waals surface area contributed by atoms with E-state index in [1.165, 1.54) is 6.42 Å². The van der Waals surface area contributed by atoms with E-state index < -0.39 is 0 Å². The number of hydrogen-bond acceptors (Lipinski definition) is 5. The summed E-state index contributed by atoms with van der Waals surface area (Å²) in [7, 11) is 3.49. The minimum Gasteiger partial charge on any atom is -0.497 e. The maximum atomic E-state index is 5.78. The number of thioether (sulfide) groups is 1. The molecule has 0 aliphatic carbocycles. The van der Waals surface area contributed by atoms with Gasteiger partial charge in [0, 0.05) is 49.9 Å². The van der Waals surface area contributed by atoms with Crippen molar-refractivity contribution in [2.75, 3.05) is 33.0 Å². The number of nitrogens with zero attached hydrogens (tertiary/aromatic N) is 3. The van der Waals surface area contributed by atoms with Gasteiger partial charge >= 0.3 is 0 Å². The van der Waals surface area contributed by atoms with E-state index in [9.17, 15) is 0 Å². The zero-order valence-corrected chi connectivity index (χ0v) is 20.3. The van der Waals surface area contributed by atoms with Gasteiger partial charge in [-0.15, -0.1) is 24.0 Å². The zero-order valence-electron chi connectivity index (χ0n) is 17.1. The molecule has 1 unspecified atom stereocenters. The Balaban J connectivity index is 0.00000300. The lowest BCUT2D eigenvalue weighted by molar-refractivity contribution is 0.408. The Bertz CT molecular complexity index is 771. The standard InChI is InChI=1S/C21H28N4O2S.HI/c1-4-19-15-25(11-12-28-19)21(22-2)24-14-16-5-10-20(23-13-16)27-18-8-6-17(26-3)7-9-18;/h5-10,13,19H,4,11-12,14-15H2,1-3H3,(H,22,24);1H. The van der Waals surface area contributed by atoms with Crippen molar-refractivity contribution in [1.82, 2.24) is 15.2 Å². The third kappa shape index (κ3) is 6.95. The van der Waals surface area contributed by atoms with Gasteiger partial charge in [0.1, 0.15) is 11.5 Å². The van der Waals surface area contributed by atoms with Crippen molar-refractivity contribution in [3.63, 3.8) is 0 Å². The summed E-state index contributed by atoms with van der Waals surface area (Å²) in [5.74, 6) is 4.20. The number of aromatic nitrogens is 1. The Hall–Kier alpha value is -1.68. The quantitative estimate of drug-likeness (QED) is 0.341. The molecule has 2 heterocycles. The molecule has 0 bridgehead atoms. The molecule has 6 nitrogen and oxygen atoms in total. The minimum absolute atomic E-state index is 0. The van der Waals surface area contributed by atoms with Crippen LogP contribution in [0.5, 0.6) is 17.4 Å². The molecule has 3 rings (SSSR count). The molecule has 158 valence electrons. The van der Waals surface area contributed by atoms with Crippen molar-refractivity contribution in [1.29, 1.82) is 0 Å². The van der Waals surface area contributed by atoms with E-state index >= 15 is 0 Å². The predicted molar refractivity (Wildman–Crippen MR) is 131 cm³/mol. The molecule has 1 saturated heterocycles. The maximum absolute atomic E-state index is 5.78. The van der Waals surface area contributed by atoms with Gasteiger partial charge in [-0.3, -0.25) is 4.99 Å². The first kappa shape index (κ1) is 23.6. The fourth-order valence-electron chi connectivity index (χ4n) is 3.01. The lowest BCUT2D eigenvalue weighted by Gasteiger charge is -2.34. The minimum atomic E-state index is 0. The Labute approximate surface area is 194 Å². The van der Waals surface area contributed by atoms with Crippen LogP contribution >= 0.6 is 35.7 Å². The van der Waals surface area contributed by atoms with E-state index in [4.69, 9.17) is 9.47 Å². The summed E-state index contributed by atoms with van der Waals surface area (Å²) >= 11 is 2.06. The molecule has 1 N–H and O–H groups in total. The summed E-state index contributed by atoms with van der Waals surface area (Å²) in [6, 6.07) is 11.4. The number of aliphatic imine (C=N–C) groups is 1. The second-order valence-electron chi connectivity index (χ2n) is 6.53. The van der Waals surface area contributed by atoms with Gasteiger partial charge in [-0.1, -0.05) is 13.0 Å². The van der Waals surface area contributed by atoms with Crippen molar-refractivity contribution in [3.05, 3.63) is 48.2 Å². The first-order chi connectivity index (χ1) is 13.7. The molecule has 1 fully saturated rings. The lowest BCUT2D eigenvalue weighted by Crippen LogP contribution is -2.47. The number of halogens is 1. The molecule has 1 aliphatic rings. The summed E-state index contributed by atoms with van der Waals surface area (Å²) in [5, 5.41) is 4.14. The van der Waals surface area contributed by atoms with Crippen LogP contribution in [-0.2, 0) is 6.54 Å². The molecule has 8 heteroatoms. The van der Waals surface area contributed by atoms with E-state index in [2.05, 4.69) is 38.9 Å². The van der Waals surface area contributed by atoms with Crippen molar-refractivity contribution in [2.24, 2.45) is 4.99 Å². The highest BCUT2D eigenvalue weighted by Crippen LogP contribution is 2.23. The zero-order chi connectivity index (χ0) is 19.8. The van der Waals surface area contributed by atoms with Gasteiger partial charge in [-0.25, -0.2) is 4.98 Å². The highest BCUT2D eigenvalue weighted by atomic mass is 127. The van der Waals surface area contributed by atoms with Crippen molar-refractivity contribution >= 4 is 41.7 Å². The number of hydrogen-bond donors (Lipinski definition) is 1. The van der Waals surface area contributed by atoms with Gasteiger partial charge in [0.15, 0.2) is 5.96 Å². The highest BCUT2D eigenvalue weighted by molar-refractivity contribution is 14.0. The lowest BCUT2D eigenvalue weighted by atomic mass is 10.3. The normalized spacial score (nSPS) is 16.7. The fraction of sp³-hybridized carbons (Fsp3) is 0.429. The topological polar surface area (TPSA) is 59.0 Å². The van der Waals surface area contributed by atoms with Crippen LogP contribution in [0.15, 0.2) is 47.6 Å². The number of guanidine groups is 1. The van der Waals surface area contributed by atoms with Crippen LogP contribution in [0.25, 0.3) is 0 Å². The average Bonchev–Trinajstić information content (AvgIpc) is 2.76. The van der Waals surface area contributed by atoms with Crippen molar-refractivity contribution < 1.29 is 9.47 Å². The SMILES string of the molecule is CCC1CN(C(=NC)NCc2ccc(Oc3ccc(OC)cc3)nc2)CCS1.I. The maximum Gasteiger partial charge on any atom is 0.219 e. The van der Waals surface area contributed by atoms with E-state index in [0.29, 0.717) is 17.7 Å². The molecule has 1 aliphatic heterocycles. The number of rotatable bonds is 6. The van der Waals surface area contributed by atoms with Crippen LogP contribution in [-0.4, -0.2) is 54.1 Å². The Morgan fingerprint density at radius 3 is 2.62 bits per heavy atom. The predicted octanol–water partition coefficient (Wildman–Crippen LogP) is 4.40. The Morgan fingerprint density at radius 2 is 2.00 bits per heavy atom. The summed E-state index contributed by atoms with van der Waals surface area (Å²) in [5.41, 5.74) is 1.08. The summed E-state index contributed by atoms with van der Waals surface area (Å²) in [4.78, 5) is 11.2. The van der Waals surface area contributed by atoms with Crippen LogP contribution in [0.4, 0.5) is 0 Å². The van der Waals surface area contributed by atoms with E-state index in [0.717, 1.165) is 41.9 Å². The number of nitrogens with one attached hydrogen (secondary N) is 1. The van der Waals surface area contributed by atoms with Crippen molar-refractivity contribution in [3.8, 4) is 17.4 Å². The van der Waals surface area contributed by atoms with Gasteiger partial charge in [0.25, 0.3) is 0 Å². The molecule has 0 saturated carbocycles. The molecule has 1 atom stereocenters. The van der Waals surface area contributed by atoms with Gasteiger partial charge in [-0.2, -0.15) is 11.8 Å². The molecule has 29 heavy (non-hydrogen) atoms. The smallest absolute Gasteiger partial charge is 0.219 e. The first-order valence-corrected chi connectivity index (χ1v) is 10.6. The van der Waals surface area contributed by atoms with E-state index in [1.807, 2.05) is 49.6 Å². The molecule has 1 aromatic carbocycles. The number of ether oxygens (including phenoxy) is 2. The number of benzene rings is 1. The van der Waals surface area contributed by atoms with Gasteiger partial charge in [0.05, 0.1) is 7.11 Å². The van der Waals surface area contributed by atoms with Gasteiger partial charge in [0.2, 0.25) is 5.88 Å². The van der Waals surface area contributed by atoms with Crippen LogP contribution in [0.3, 0.4) is 0 Å². The summed E-state index contributed by atoms with van der Waals surface area (Å²) < 4.78 is 10.9. The van der Waals surface area contributed by atoms with Crippen LogP contribution in [0, 0.1) is 0 Å². The van der Waals surface area contributed by atoms with E-state index in [1.54, 1.807) is 7.11 Å². The average molecular weight is 528 g/mol. The second kappa shape index (κ2) is 12.1. The molecule has 0 spiro atoms. The third-order valence-corrected chi connectivity index (χ3v) is 6.01. The number of methoxy groups -OCH3 is 1. The monoisotopic (exact) mass is 528 g/mol. The molecular formula is C21H29IN4O2S. The van der Waals surface area contributed by atoms with E-state index in [-0.39, 0.29) is 24.0 Å². The van der Waals surface area contributed by atoms with Crippen LogP contribution < -0.4 is 14.8 Å². The highest BCUT2D eigenvalue weighted by Gasteiger charge is 2.21. The van der Waals surface area contributed by atoms with Gasteiger partial charge < -0.3 is 19.7 Å². The van der Waals surface area contributed by atoms with Crippen molar-refractivity contribution in [2.45, 2.75) is 25.1 Å². The van der Waals surface area contributed by atoms with Gasteiger partial charge in [-0.05, 0) is 36.2 Å². The van der Waals surface area contributed by atoms with Crippen LogP contribution in [0.1, 0.15) is 18.9 Å². The molecular weight excluding hydrogens is 499 g/mol. The van der Waals surface area contributed by atoms with Crippen LogP contribution in [0.2, 0.25) is 0 Å². The largest absolute Gasteiger partial charge is 0.497 e. The summed E-state index contributed by atoms with van der Waals surface area (Å²) in [6.45, 7) is 5.02. The first-order valence-electron chi connectivity index (χ1n) is 9.56. The fourth-order valence-corrected chi connectivity index (χ4v) is 4.19. The number of pyridine rings is 1. The molecule has 1 aromatic heterocycles. The Morgan fingerprint density at radius 1 is 1.24 bits per heavy atom.